The van der Waals surface area contributed by atoms with E-state index in [0.29, 0.717) is 11.3 Å². The zero-order valence-electron chi connectivity index (χ0n) is 23.4. The molecule has 9 N–H and O–H groups in total. The third-order valence-corrected chi connectivity index (χ3v) is 5.90. The van der Waals surface area contributed by atoms with E-state index in [1.54, 1.807) is 38.1 Å². The van der Waals surface area contributed by atoms with Gasteiger partial charge in [-0.2, -0.15) is 0 Å². The maximum Gasteiger partial charge on any atom is 0.317 e. The standard InChI is InChI=1S/C25H38N6O10S/c1-25(2,15-30(10-20(34)35)11-21(36)37)14-29(9-19(32)33)8-18(31(12-22(38)39)13-23(40)41)7-16-3-5-17(6-4-16)27-28-24(26)42/h3-6,18,27H,7-15H2,1-2H3,(H,32,33)(H,34,35)(H,36,37)(H,38,39)(H,40,41)(H3,26,28,42). The number of benzene rings is 1. The molecule has 16 nitrogen and oxygen atoms in total. The Bertz CT molecular complexity index is 1090. The number of nitrogens with two attached hydrogens (primary N) is 1. The lowest BCUT2D eigenvalue weighted by molar-refractivity contribution is -0.145. The van der Waals surface area contributed by atoms with Crippen LogP contribution >= 0.6 is 12.2 Å². The van der Waals surface area contributed by atoms with Crippen molar-refractivity contribution >= 4 is 52.9 Å². The predicted molar refractivity (Wildman–Crippen MR) is 154 cm³/mol. The topological polar surface area (TPSA) is 246 Å². The van der Waals surface area contributed by atoms with E-state index < -0.39 is 74.0 Å². The van der Waals surface area contributed by atoms with Gasteiger partial charge in [0, 0.05) is 25.7 Å². The second kappa shape index (κ2) is 17.0. The Morgan fingerprint density at radius 1 is 0.786 bits per heavy atom. The van der Waals surface area contributed by atoms with Crippen molar-refractivity contribution in [3.05, 3.63) is 29.8 Å². The fourth-order valence-corrected chi connectivity index (χ4v) is 4.64. The monoisotopic (exact) mass is 614 g/mol. The van der Waals surface area contributed by atoms with E-state index in [0.717, 1.165) is 0 Å². The molecule has 234 valence electrons. The molecule has 0 saturated heterocycles. The summed E-state index contributed by atoms with van der Waals surface area (Å²) in [7, 11) is 0. The molecule has 42 heavy (non-hydrogen) atoms. The number of rotatable bonds is 21. The molecule has 0 spiro atoms. The summed E-state index contributed by atoms with van der Waals surface area (Å²) in [6.07, 6.45) is 0.157. The Balaban J connectivity index is 3.32. The van der Waals surface area contributed by atoms with Gasteiger partial charge in [0.15, 0.2) is 5.11 Å². The number of hydrazine groups is 1. The van der Waals surface area contributed by atoms with Crippen molar-refractivity contribution in [2.45, 2.75) is 26.3 Å². The van der Waals surface area contributed by atoms with Gasteiger partial charge >= 0.3 is 29.8 Å². The Hall–Kier alpha value is -4.06. The Kier molecular flexibility index (Phi) is 14.6. The van der Waals surface area contributed by atoms with E-state index in [9.17, 15) is 49.5 Å². The quantitative estimate of drug-likeness (QED) is 0.0618. The van der Waals surface area contributed by atoms with E-state index >= 15 is 0 Å². The van der Waals surface area contributed by atoms with Gasteiger partial charge in [0.2, 0.25) is 0 Å². The third-order valence-electron chi connectivity index (χ3n) is 5.80. The van der Waals surface area contributed by atoms with Gasteiger partial charge in [-0.3, -0.25) is 49.5 Å². The van der Waals surface area contributed by atoms with Crippen LogP contribution in [-0.2, 0) is 30.4 Å². The van der Waals surface area contributed by atoms with Gasteiger partial charge < -0.3 is 31.3 Å². The number of nitrogens with one attached hydrogen (secondary N) is 2. The molecular weight excluding hydrogens is 576 g/mol. The van der Waals surface area contributed by atoms with E-state index in [4.69, 9.17) is 18.0 Å². The number of nitrogens with zero attached hydrogens (tertiary/aromatic N) is 3. The van der Waals surface area contributed by atoms with Crippen molar-refractivity contribution in [1.29, 1.82) is 0 Å². The first kappa shape index (κ1) is 36.0. The van der Waals surface area contributed by atoms with Crippen molar-refractivity contribution in [2.75, 3.05) is 57.8 Å². The van der Waals surface area contributed by atoms with Crippen LogP contribution in [0.5, 0.6) is 0 Å². The van der Waals surface area contributed by atoms with E-state index in [1.807, 2.05) is 0 Å². The van der Waals surface area contributed by atoms with E-state index in [-0.39, 0.29) is 31.2 Å². The number of thiocarbonyl (C=S) groups is 1. The van der Waals surface area contributed by atoms with Crippen molar-refractivity contribution in [2.24, 2.45) is 11.1 Å². The minimum Gasteiger partial charge on any atom is -0.480 e. The molecule has 0 heterocycles. The van der Waals surface area contributed by atoms with Crippen LogP contribution in [0.15, 0.2) is 24.3 Å². The fourth-order valence-electron chi connectivity index (χ4n) is 4.59. The zero-order valence-corrected chi connectivity index (χ0v) is 24.2. The van der Waals surface area contributed by atoms with Crippen molar-refractivity contribution < 1.29 is 49.5 Å². The number of hydrogen-bond donors (Lipinski definition) is 8. The predicted octanol–water partition coefficient (Wildman–Crippen LogP) is -0.887. The summed E-state index contributed by atoms with van der Waals surface area (Å²) in [6.45, 7) is 0.602. The summed E-state index contributed by atoms with van der Waals surface area (Å²) in [5, 5.41) is 47.0. The average molecular weight is 615 g/mol. The van der Waals surface area contributed by atoms with Crippen LogP contribution in [0, 0.1) is 5.41 Å². The molecule has 1 atom stereocenters. The largest absolute Gasteiger partial charge is 0.480 e. The highest BCUT2D eigenvalue weighted by molar-refractivity contribution is 7.80. The SMILES string of the molecule is CC(C)(CN(CC(=O)O)CC(=O)O)CN(CC(=O)O)CC(Cc1ccc(NNC(N)=S)cc1)N(CC(=O)O)CC(=O)O. The molecule has 0 bridgehead atoms. The molecule has 1 unspecified atom stereocenters. The smallest absolute Gasteiger partial charge is 0.317 e. The lowest BCUT2D eigenvalue weighted by Crippen LogP contribution is -2.52. The first-order chi connectivity index (χ1) is 19.5. The Morgan fingerprint density at radius 2 is 1.21 bits per heavy atom. The number of anilines is 1. The van der Waals surface area contributed by atoms with Crippen LogP contribution in [0.4, 0.5) is 5.69 Å². The minimum atomic E-state index is -1.27. The molecule has 0 aliphatic rings. The second-order valence-corrected chi connectivity index (χ2v) is 11.0. The van der Waals surface area contributed by atoms with Crippen LogP contribution in [0.3, 0.4) is 0 Å². The Morgan fingerprint density at radius 3 is 1.64 bits per heavy atom. The van der Waals surface area contributed by atoms with Crippen molar-refractivity contribution in [1.82, 2.24) is 20.1 Å². The fraction of sp³-hybridized carbons (Fsp3) is 0.520. The highest BCUT2D eigenvalue weighted by Gasteiger charge is 2.31. The van der Waals surface area contributed by atoms with Crippen LogP contribution in [0.2, 0.25) is 0 Å². The molecule has 0 radical (unpaired) electrons. The minimum absolute atomic E-state index is 0.00488. The van der Waals surface area contributed by atoms with Crippen LogP contribution < -0.4 is 16.6 Å². The van der Waals surface area contributed by atoms with Crippen LogP contribution in [0.1, 0.15) is 19.4 Å². The molecule has 0 amide bonds. The highest BCUT2D eigenvalue weighted by Crippen LogP contribution is 2.21. The van der Waals surface area contributed by atoms with Crippen LogP contribution in [-0.4, -0.2) is 134 Å². The molecule has 1 rings (SSSR count). The Labute approximate surface area is 247 Å². The third kappa shape index (κ3) is 15.7. The molecule has 0 aliphatic carbocycles. The van der Waals surface area contributed by atoms with Gasteiger partial charge in [0.05, 0.1) is 38.4 Å². The molecule has 0 aromatic heterocycles. The maximum absolute atomic E-state index is 11.8. The molecule has 17 heteroatoms. The van der Waals surface area contributed by atoms with Gasteiger partial charge in [-0.15, -0.1) is 0 Å². The number of carboxylic acid groups (broad SMARTS) is 5. The van der Waals surface area contributed by atoms with E-state index in [1.165, 1.54) is 14.7 Å². The van der Waals surface area contributed by atoms with Gasteiger partial charge in [-0.25, -0.2) is 0 Å². The number of carbonyl (C=O) groups is 5. The zero-order chi connectivity index (χ0) is 32.0. The summed E-state index contributed by atoms with van der Waals surface area (Å²) in [4.78, 5) is 61.5. The van der Waals surface area contributed by atoms with E-state index in [2.05, 4.69) is 10.9 Å². The normalized spacial score (nSPS) is 12.2. The average Bonchev–Trinajstić information content (AvgIpc) is 2.80. The van der Waals surface area contributed by atoms with Gasteiger partial charge in [-0.05, 0) is 41.7 Å². The molecular formula is C25H38N6O10S. The molecule has 0 saturated carbocycles. The lowest BCUT2D eigenvalue weighted by Gasteiger charge is -2.38. The second-order valence-electron chi connectivity index (χ2n) is 10.5. The number of aliphatic carboxylic acids is 5. The van der Waals surface area contributed by atoms with Crippen molar-refractivity contribution in [3.63, 3.8) is 0 Å². The summed E-state index contributed by atoms with van der Waals surface area (Å²) in [5.74, 6) is -6.19. The van der Waals surface area contributed by atoms with Gasteiger partial charge in [0.25, 0.3) is 0 Å². The van der Waals surface area contributed by atoms with Gasteiger partial charge in [-0.1, -0.05) is 26.0 Å². The first-order valence-electron chi connectivity index (χ1n) is 12.6. The highest BCUT2D eigenvalue weighted by atomic mass is 32.1. The molecule has 0 aliphatic heterocycles. The molecule has 1 aromatic carbocycles. The number of hydrogen-bond acceptors (Lipinski definition) is 10. The van der Waals surface area contributed by atoms with Crippen molar-refractivity contribution in [3.8, 4) is 0 Å². The summed E-state index contributed by atoms with van der Waals surface area (Å²) < 4.78 is 0. The first-order valence-corrected chi connectivity index (χ1v) is 13.0. The maximum atomic E-state index is 11.8. The van der Waals surface area contributed by atoms with Crippen LogP contribution in [0.25, 0.3) is 0 Å². The summed E-state index contributed by atoms with van der Waals surface area (Å²) in [6, 6.07) is 6.05. The molecule has 1 aromatic rings. The summed E-state index contributed by atoms with van der Waals surface area (Å²) >= 11 is 4.74. The molecule has 0 fully saturated rings. The number of carboxylic acids is 5. The summed E-state index contributed by atoms with van der Waals surface area (Å²) in [5.41, 5.74) is 11.2. The van der Waals surface area contributed by atoms with Gasteiger partial charge in [0.1, 0.15) is 0 Å². The lowest BCUT2D eigenvalue weighted by atomic mass is 9.91.